The first-order chi connectivity index (χ1) is 12.3. The summed E-state index contributed by atoms with van der Waals surface area (Å²) in [6.45, 7) is 0.176. The van der Waals surface area contributed by atoms with Crippen molar-refractivity contribution in [2.75, 3.05) is 19.8 Å². The Labute approximate surface area is 151 Å². The molecular formula is C17H27F3N4O2. The van der Waals surface area contributed by atoms with Gasteiger partial charge in [-0.3, -0.25) is 10.3 Å². The van der Waals surface area contributed by atoms with Gasteiger partial charge in [-0.1, -0.05) is 0 Å². The second kappa shape index (κ2) is 8.04. The molecular weight excluding hydrogens is 349 g/mol. The topological polar surface area (TPSA) is 83.6 Å². The van der Waals surface area contributed by atoms with Gasteiger partial charge in [-0.15, -0.1) is 0 Å². The predicted octanol–water partition coefficient (Wildman–Crippen LogP) is 2.11. The molecule has 0 aromatic carbocycles. The van der Waals surface area contributed by atoms with Crippen molar-refractivity contribution in [1.82, 2.24) is 10.2 Å². The molecule has 26 heavy (non-hydrogen) atoms. The van der Waals surface area contributed by atoms with E-state index in [4.69, 9.17) is 15.9 Å². The van der Waals surface area contributed by atoms with Crippen molar-refractivity contribution in [3.05, 3.63) is 11.9 Å². The molecule has 3 aliphatic rings. The van der Waals surface area contributed by atoms with Crippen LogP contribution in [0, 0.1) is 5.41 Å². The summed E-state index contributed by atoms with van der Waals surface area (Å²) in [6, 6.07) is 1.93. The highest BCUT2D eigenvalue weighted by Crippen LogP contribution is 2.35. The summed E-state index contributed by atoms with van der Waals surface area (Å²) in [7, 11) is 0. The molecule has 1 saturated carbocycles. The molecule has 4 N–H and O–H groups in total. The van der Waals surface area contributed by atoms with Gasteiger partial charge in [0.25, 0.3) is 0 Å². The Morgan fingerprint density at radius 3 is 2.27 bits per heavy atom. The van der Waals surface area contributed by atoms with Crippen LogP contribution in [-0.4, -0.2) is 61.0 Å². The number of nitrogens with one attached hydrogen (secondary N) is 2. The van der Waals surface area contributed by atoms with E-state index in [1.54, 1.807) is 0 Å². The molecule has 3 fully saturated rings. The predicted molar refractivity (Wildman–Crippen MR) is 90.7 cm³/mol. The van der Waals surface area contributed by atoms with Crippen molar-refractivity contribution in [3.63, 3.8) is 0 Å². The molecule has 148 valence electrons. The number of morpholine rings is 1. The lowest BCUT2D eigenvalue weighted by Crippen LogP contribution is -2.53. The fourth-order valence-electron chi connectivity index (χ4n) is 4.31. The van der Waals surface area contributed by atoms with E-state index in [2.05, 4.69) is 15.0 Å². The minimum atomic E-state index is -4.47. The van der Waals surface area contributed by atoms with Gasteiger partial charge in [0.15, 0.2) is 6.61 Å². The zero-order valence-corrected chi connectivity index (χ0v) is 14.7. The van der Waals surface area contributed by atoms with Crippen LogP contribution in [0.25, 0.3) is 0 Å². The first-order valence-electron chi connectivity index (χ1n) is 9.19. The van der Waals surface area contributed by atoms with Crippen molar-refractivity contribution in [1.29, 1.82) is 5.41 Å². The fourth-order valence-corrected chi connectivity index (χ4v) is 4.31. The van der Waals surface area contributed by atoms with Crippen molar-refractivity contribution in [2.45, 2.75) is 68.9 Å². The number of nitrogens with zero attached hydrogens (tertiary/aromatic N) is 1. The van der Waals surface area contributed by atoms with Crippen molar-refractivity contribution in [2.24, 2.45) is 5.73 Å². The summed E-state index contributed by atoms with van der Waals surface area (Å²) in [6.07, 6.45) is 3.48. The minimum Gasteiger partial charge on any atom is -0.467 e. The lowest BCUT2D eigenvalue weighted by molar-refractivity contribution is -0.156. The van der Waals surface area contributed by atoms with Crippen LogP contribution in [0.3, 0.4) is 0 Å². The molecule has 2 saturated heterocycles. The number of halogens is 3. The molecule has 0 spiro atoms. The van der Waals surface area contributed by atoms with Crippen LogP contribution in [0.4, 0.5) is 13.2 Å². The number of ether oxygens (including phenoxy) is 2. The van der Waals surface area contributed by atoms with Gasteiger partial charge in [0, 0.05) is 30.4 Å². The van der Waals surface area contributed by atoms with E-state index in [0.717, 1.165) is 38.9 Å². The molecule has 0 amide bonds. The maximum Gasteiger partial charge on any atom is 0.422 e. The van der Waals surface area contributed by atoms with Crippen LogP contribution in [0.1, 0.15) is 38.5 Å². The molecule has 1 aliphatic carbocycles. The van der Waals surface area contributed by atoms with Crippen molar-refractivity contribution in [3.8, 4) is 0 Å². The average molecular weight is 376 g/mol. The van der Waals surface area contributed by atoms with Gasteiger partial charge in [-0.25, -0.2) is 0 Å². The van der Waals surface area contributed by atoms with Gasteiger partial charge in [-0.2, -0.15) is 13.2 Å². The summed E-state index contributed by atoms with van der Waals surface area (Å²) in [4.78, 5) is 2.66. The van der Waals surface area contributed by atoms with Gasteiger partial charge in [0.1, 0.15) is 5.70 Å². The van der Waals surface area contributed by atoms with Crippen LogP contribution >= 0.6 is 0 Å². The van der Waals surface area contributed by atoms with E-state index in [1.807, 2.05) is 0 Å². The third-order valence-corrected chi connectivity index (χ3v) is 5.53. The Bertz CT molecular complexity index is 517. The SMILES string of the molecule is N=C(OCC(F)(F)F)/C(N)=C\N[C@H]1CC[C@H](N2C3CCC2COC3)CC1. The Hall–Kier alpha value is -1.48. The van der Waals surface area contributed by atoms with Crippen LogP contribution in [-0.2, 0) is 9.47 Å². The van der Waals surface area contributed by atoms with Gasteiger partial charge in [0.2, 0.25) is 5.90 Å². The summed E-state index contributed by atoms with van der Waals surface area (Å²) >= 11 is 0. The Balaban J connectivity index is 1.42. The first kappa shape index (κ1) is 19.3. The fraction of sp³-hybridized carbons (Fsp3) is 0.824. The summed E-state index contributed by atoms with van der Waals surface area (Å²) in [5.41, 5.74) is 5.49. The molecule has 0 radical (unpaired) electrons. The maximum atomic E-state index is 12.1. The highest BCUT2D eigenvalue weighted by atomic mass is 19.4. The highest BCUT2D eigenvalue weighted by molar-refractivity contribution is 5.89. The molecule has 9 heteroatoms. The zero-order valence-electron chi connectivity index (χ0n) is 14.7. The summed E-state index contributed by atoms with van der Waals surface area (Å²) in [5, 5.41) is 10.6. The average Bonchev–Trinajstić information content (AvgIpc) is 2.86. The quantitative estimate of drug-likeness (QED) is 0.506. The van der Waals surface area contributed by atoms with Crippen LogP contribution in [0.2, 0.25) is 0 Å². The van der Waals surface area contributed by atoms with E-state index in [9.17, 15) is 13.2 Å². The lowest BCUT2D eigenvalue weighted by Gasteiger charge is -2.43. The Morgan fingerprint density at radius 1 is 1.12 bits per heavy atom. The van der Waals surface area contributed by atoms with Gasteiger partial charge in [-0.05, 0) is 38.5 Å². The zero-order chi connectivity index (χ0) is 18.7. The molecule has 2 unspecified atom stereocenters. The second-order valence-electron chi connectivity index (χ2n) is 7.37. The van der Waals surface area contributed by atoms with E-state index in [0.29, 0.717) is 18.1 Å². The Kier molecular flexibility index (Phi) is 5.96. The molecule has 2 atom stereocenters. The lowest BCUT2D eigenvalue weighted by atomic mass is 9.89. The number of fused-ring (bicyclic) bond motifs is 2. The number of alkyl halides is 3. The van der Waals surface area contributed by atoms with Gasteiger partial charge < -0.3 is 20.5 Å². The molecule has 2 heterocycles. The number of hydrogen-bond donors (Lipinski definition) is 3. The van der Waals surface area contributed by atoms with Gasteiger partial charge >= 0.3 is 6.18 Å². The van der Waals surface area contributed by atoms with Crippen molar-refractivity contribution < 1.29 is 22.6 Å². The van der Waals surface area contributed by atoms with E-state index >= 15 is 0 Å². The molecule has 3 rings (SSSR count). The monoisotopic (exact) mass is 376 g/mol. The molecule has 0 aromatic heterocycles. The number of nitrogens with two attached hydrogens (primary N) is 1. The standard InChI is InChI=1S/C17H27F3N4O2/c18-17(19,20)10-26-16(22)15(21)7-23-11-1-3-12(4-2-11)24-13-5-6-14(24)9-25-8-13/h7,11-14,22-23H,1-6,8-10,21H2/b15-7+,22-16?/t11-,12-,13?,14?. The second-order valence-corrected chi connectivity index (χ2v) is 7.37. The third-order valence-electron chi connectivity index (χ3n) is 5.53. The van der Waals surface area contributed by atoms with E-state index < -0.39 is 18.7 Å². The largest absolute Gasteiger partial charge is 0.467 e. The highest BCUT2D eigenvalue weighted by Gasteiger charge is 2.42. The maximum absolute atomic E-state index is 12.1. The minimum absolute atomic E-state index is 0.123. The molecule has 6 nitrogen and oxygen atoms in total. The number of hydrogen-bond acceptors (Lipinski definition) is 6. The van der Waals surface area contributed by atoms with E-state index in [1.165, 1.54) is 19.0 Å². The first-order valence-corrected chi connectivity index (χ1v) is 9.19. The molecule has 2 bridgehead atoms. The van der Waals surface area contributed by atoms with Crippen LogP contribution in [0.5, 0.6) is 0 Å². The Morgan fingerprint density at radius 2 is 1.69 bits per heavy atom. The van der Waals surface area contributed by atoms with E-state index in [-0.39, 0.29) is 11.7 Å². The third kappa shape index (κ3) is 4.82. The smallest absolute Gasteiger partial charge is 0.422 e. The molecule has 0 aromatic rings. The van der Waals surface area contributed by atoms with Crippen molar-refractivity contribution >= 4 is 5.90 Å². The summed E-state index contributed by atoms with van der Waals surface area (Å²) in [5.74, 6) is -0.659. The van der Waals surface area contributed by atoms with Crippen LogP contribution < -0.4 is 11.1 Å². The number of rotatable bonds is 5. The normalized spacial score (nSPS) is 33.1. The van der Waals surface area contributed by atoms with Crippen LogP contribution in [0.15, 0.2) is 11.9 Å². The van der Waals surface area contributed by atoms with Gasteiger partial charge in [0.05, 0.1) is 13.2 Å². The molecule has 2 aliphatic heterocycles. The summed E-state index contributed by atoms with van der Waals surface area (Å²) < 4.78 is 46.3.